The van der Waals surface area contributed by atoms with Gasteiger partial charge in [-0.2, -0.15) is 0 Å². The molecule has 4 bridgehead atoms. The molecule has 0 spiro atoms. The highest BCUT2D eigenvalue weighted by atomic mass is 16.6. The summed E-state index contributed by atoms with van der Waals surface area (Å²) in [5.74, 6) is 0.195. The quantitative estimate of drug-likeness (QED) is 0.445. The Bertz CT molecular complexity index is 546. The van der Waals surface area contributed by atoms with Crippen molar-refractivity contribution in [1.29, 1.82) is 0 Å². The number of hydrogen-bond acceptors (Lipinski definition) is 7. The van der Waals surface area contributed by atoms with E-state index in [2.05, 4.69) is 14.7 Å². The smallest absolute Gasteiger partial charge is 0.400 e. The summed E-state index contributed by atoms with van der Waals surface area (Å²) in [4.78, 5) is 21.9. The van der Waals surface area contributed by atoms with Gasteiger partial charge in [0, 0.05) is 19.6 Å². The van der Waals surface area contributed by atoms with Crippen molar-refractivity contribution < 1.29 is 9.34 Å². The third-order valence-corrected chi connectivity index (χ3v) is 4.01. The summed E-state index contributed by atoms with van der Waals surface area (Å²) in [5.41, 5.74) is -0.129. The molecule has 0 N–H and O–H groups in total. The van der Waals surface area contributed by atoms with E-state index in [0.717, 1.165) is 39.6 Å². The van der Waals surface area contributed by atoms with Crippen LogP contribution in [0.2, 0.25) is 0 Å². The second-order valence-corrected chi connectivity index (χ2v) is 5.83. The highest BCUT2D eigenvalue weighted by Gasteiger charge is 2.48. The van der Waals surface area contributed by atoms with Crippen LogP contribution < -0.4 is 0 Å². The van der Waals surface area contributed by atoms with Crippen molar-refractivity contribution in [2.24, 2.45) is 4.99 Å². The third-order valence-electron chi connectivity index (χ3n) is 4.01. The molecule has 0 atom stereocenters. The Balaban J connectivity index is 1.55. The highest BCUT2D eigenvalue weighted by Crippen LogP contribution is 2.31. The number of furan rings is 1. The minimum atomic E-state index is -0.537. The van der Waals surface area contributed by atoms with Crippen LogP contribution >= 0.6 is 0 Å². The van der Waals surface area contributed by atoms with E-state index in [0.29, 0.717) is 5.76 Å². The van der Waals surface area contributed by atoms with Gasteiger partial charge in [0.25, 0.3) is 0 Å². The van der Waals surface area contributed by atoms with Gasteiger partial charge in [-0.15, -0.1) is 0 Å². The van der Waals surface area contributed by atoms with E-state index in [1.807, 2.05) is 0 Å². The first-order valence-corrected chi connectivity index (χ1v) is 6.58. The van der Waals surface area contributed by atoms with E-state index in [-0.39, 0.29) is 11.4 Å². The van der Waals surface area contributed by atoms with Crippen LogP contribution in [-0.4, -0.2) is 71.0 Å². The number of hydrogen-bond donors (Lipinski definition) is 0. The summed E-state index contributed by atoms with van der Waals surface area (Å²) in [6.45, 7) is 5.87. The van der Waals surface area contributed by atoms with Crippen molar-refractivity contribution in [3.63, 3.8) is 0 Å². The molecule has 1 aromatic heterocycles. The molecule has 5 heterocycles. The fraction of sp³-hybridized carbons (Fsp3) is 0.583. The van der Waals surface area contributed by atoms with Gasteiger partial charge < -0.3 is 4.42 Å². The van der Waals surface area contributed by atoms with Crippen LogP contribution in [0.4, 0.5) is 5.88 Å². The largest absolute Gasteiger partial charge is 0.433 e. The summed E-state index contributed by atoms with van der Waals surface area (Å²) >= 11 is 0. The minimum Gasteiger partial charge on any atom is -0.400 e. The van der Waals surface area contributed by atoms with Crippen LogP contribution in [0.15, 0.2) is 21.5 Å². The van der Waals surface area contributed by atoms with Gasteiger partial charge in [-0.3, -0.25) is 29.8 Å². The Hall–Kier alpha value is -1.77. The fourth-order valence-corrected chi connectivity index (χ4v) is 3.51. The van der Waals surface area contributed by atoms with Gasteiger partial charge in [-0.05, 0) is 6.07 Å². The van der Waals surface area contributed by atoms with Crippen molar-refractivity contribution in [2.45, 2.75) is 5.54 Å². The van der Waals surface area contributed by atoms with Crippen molar-refractivity contribution in [2.75, 3.05) is 39.6 Å². The average molecular weight is 277 g/mol. The van der Waals surface area contributed by atoms with Crippen molar-refractivity contribution in [3.8, 4) is 0 Å². The molecule has 0 saturated carbocycles. The molecule has 0 aromatic carbocycles. The zero-order valence-corrected chi connectivity index (χ0v) is 10.9. The Kier molecular flexibility index (Phi) is 2.47. The van der Waals surface area contributed by atoms with Crippen LogP contribution in [0.25, 0.3) is 0 Å². The van der Waals surface area contributed by atoms with Gasteiger partial charge >= 0.3 is 5.88 Å². The summed E-state index contributed by atoms with van der Waals surface area (Å²) in [6.07, 6.45) is 1.63. The molecule has 4 aliphatic rings. The van der Waals surface area contributed by atoms with Crippen molar-refractivity contribution in [1.82, 2.24) is 14.7 Å². The molecule has 4 saturated heterocycles. The van der Waals surface area contributed by atoms with Gasteiger partial charge in [0.2, 0.25) is 0 Å². The summed E-state index contributed by atoms with van der Waals surface area (Å²) in [5, 5.41) is 10.6. The second-order valence-electron chi connectivity index (χ2n) is 5.83. The van der Waals surface area contributed by atoms with Crippen molar-refractivity contribution >= 4 is 12.1 Å². The van der Waals surface area contributed by atoms with Gasteiger partial charge in [0.05, 0.1) is 37.8 Å². The minimum absolute atomic E-state index is 0.129. The number of rotatable bonds is 3. The first-order valence-electron chi connectivity index (χ1n) is 6.58. The molecule has 0 radical (unpaired) electrons. The molecular weight excluding hydrogens is 262 g/mol. The van der Waals surface area contributed by atoms with Gasteiger partial charge in [0.1, 0.15) is 4.92 Å². The third kappa shape index (κ3) is 1.92. The lowest BCUT2D eigenvalue weighted by Gasteiger charge is -2.59. The summed E-state index contributed by atoms with van der Waals surface area (Å²) in [6, 6.07) is 2.94. The predicted octanol–water partition coefficient (Wildman–Crippen LogP) is 0.165. The molecule has 0 aliphatic carbocycles. The fourth-order valence-electron chi connectivity index (χ4n) is 3.51. The molecule has 4 aliphatic heterocycles. The van der Waals surface area contributed by atoms with Crippen LogP contribution in [0.3, 0.4) is 0 Å². The zero-order valence-electron chi connectivity index (χ0n) is 10.9. The molecule has 0 unspecified atom stereocenters. The number of nitro groups is 1. The Morgan fingerprint density at radius 3 is 2.30 bits per heavy atom. The Morgan fingerprint density at radius 1 is 1.20 bits per heavy atom. The van der Waals surface area contributed by atoms with E-state index in [9.17, 15) is 10.1 Å². The average Bonchev–Trinajstić information content (AvgIpc) is 2.84. The molecule has 8 nitrogen and oxygen atoms in total. The van der Waals surface area contributed by atoms with E-state index < -0.39 is 4.92 Å². The van der Waals surface area contributed by atoms with Gasteiger partial charge in [-0.25, -0.2) is 0 Å². The molecule has 4 fully saturated rings. The van der Waals surface area contributed by atoms with Crippen LogP contribution in [0, 0.1) is 10.1 Å². The molecule has 1 aromatic rings. The SMILES string of the molecule is O=[N+]([O-])c1ccc(C=NC23CN4CN(CN(C4)C2)C3)o1. The molecular formula is C12H15N5O3. The van der Waals surface area contributed by atoms with E-state index in [1.54, 1.807) is 12.3 Å². The van der Waals surface area contributed by atoms with E-state index in [1.165, 1.54) is 6.07 Å². The number of aliphatic imine (C=N–C) groups is 1. The zero-order chi connectivity index (χ0) is 13.7. The second kappa shape index (κ2) is 4.11. The lowest BCUT2D eigenvalue weighted by molar-refractivity contribution is -0.402. The van der Waals surface area contributed by atoms with Gasteiger partial charge in [0.15, 0.2) is 5.76 Å². The van der Waals surface area contributed by atoms with Crippen LogP contribution in [0.1, 0.15) is 5.76 Å². The van der Waals surface area contributed by atoms with Crippen LogP contribution in [0.5, 0.6) is 0 Å². The van der Waals surface area contributed by atoms with Crippen molar-refractivity contribution in [3.05, 3.63) is 28.0 Å². The first kappa shape index (κ1) is 12.0. The maximum atomic E-state index is 10.6. The molecule has 0 amide bonds. The first-order chi connectivity index (χ1) is 9.62. The highest BCUT2D eigenvalue weighted by molar-refractivity contribution is 5.76. The van der Waals surface area contributed by atoms with Gasteiger partial charge in [-0.1, -0.05) is 0 Å². The maximum absolute atomic E-state index is 10.6. The number of nitrogens with zero attached hydrogens (tertiary/aromatic N) is 5. The normalized spacial score (nSPS) is 38.7. The monoisotopic (exact) mass is 277 g/mol. The maximum Gasteiger partial charge on any atom is 0.433 e. The summed E-state index contributed by atoms with van der Waals surface area (Å²) in [7, 11) is 0. The van der Waals surface area contributed by atoms with Crippen LogP contribution in [-0.2, 0) is 0 Å². The standard InChI is InChI=1S/C12H15N5O3/c18-17(19)11-2-1-10(20-11)3-13-12-4-14-7-15(5-12)9-16(6-12)8-14/h1-3H,4-9H2. The summed E-state index contributed by atoms with van der Waals surface area (Å²) < 4.78 is 5.12. The van der Waals surface area contributed by atoms with E-state index in [4.69, 9.17) is 9.41 Å². The lowest BCUT2D eigenvalue weighted by Crippen LogP contribution is -2.75. The van der Waals surface area contributed by atoms with E-state index >= 15 is 0 Å². The Morgan fingerprint density at radius 2 is 1.80 bits per heavy atom. The lowest BCUT2D eigenvalue weighted by atomic mass is 9.92. The Labute approximate surface area is 115 Å². The molecule has 106 valence electrons. The molecule has 8 heteroatoms. The predicted molar refractivity (Wildman–Crippen MR) is 70.4 cm³/mol. The topological polar surface area (TPSA) is 78.4 Å². The molecule has 5 rings (SSSR count). The molecule has 20 heavy (non-hydrogen) atoms.